The average molecular weight is 529 g/mol. The van der Waals surface area contributed by atoms with Gasteiger partial charge in [-0.25, -0.2) is 9.24 Å². The largest absolute Gasteiger partial charge is 0.494 e. The molecule has 0 aliphatic carbocycles. The molecule has 39 heavy (non-hydrogen) atoms. The number of nitrogens with zero attached hydrogens (tertiary/aromatic N) is 3. The monoisotopic (exact) mass is 529 g/mol. The lowest BCUT2D eigenvalue weighted by molar-refractivity contribution is -0.107. The minimum atomic E-state index is -1.35. The minimum Gasteiger partial charge on any atom is -0.494 e. The second-order valence-corrected chi connectivity index (χ2v) is 9.87. The van der Waals surface area contributed by atoms with Crippen LogP contribution < -0.4 is 4.74 Å². The van der Waals surface area contributed by atoms with Crippen LogP contribution >= 0.6 is 0 Å². The molecule has 1 saturated heterocycles. The molecule has 3 heterocycles. The fourth-order valence-corrected chi connectivity index (χ4v) is 5.96. The van der Waals surface area contributed by atoms with E-state index in [9.17, 15) is 24.1 Å². The molecule has 0 radical (unpaired) electrons. The van der Waals surface area contributed by atoms with Crippen molar-refractivity contribution in [3.8, 4) is 29.3 Å². The standard InChI is InChI=1S/C29H21F2N3O5/c1-28-21(35)13-29(39-28,11-12-38-20-10-7-15(14-32)24(30)25(20)31)23-22(28)26(36)34(27(23)37)19-9-8-18(33-2)16-5-3-4-6-17(16)19/h3-10,21,35-37H,11-13H2,1H3/t21-,28?,29?/m1/s1. The Morgan fingerprint density at radius 3 is 2.54 bits per heavy atom. The van der Waals surface area contributed by atoms with Crippen molar-refractivity contribution in [3.63, 3.8) is 0 Å². The molecular formula is C29H21F2N3O5. The molecule has 2 bridgehead atoms. The number of hydrogen-bond acceptors (Lipinski definition) is 6. The molecule has 1 aromatic heterocycles. The first-order valence-corrected chi connectivity index (χ1v) is 12.1. The maximum atomic E-state index is 14.4. The van der Waals surface area contributed by atoms with Crippen LogP contribution in [0.25, 0.3) is 21.3 Å². The molecule has 3 atom stereocenters. The van der Waals surface area contributed by atoms with Crippen molar-refractivity contribution in [3.05, 3.63) is 88.3 Å². The second kappa shape index (κ2) is 8.43. The lowest BCUT2D eigenvalue weighted by Crippen LogP contribution is -2.33. The first-order chi connectivity index (χ1) is 18.7. The van der Waals surface area contributed by atoms with E-state index in [2.05, 4.69) is 4.85 Å². The third-order valence-corrected chi connectivity index (χ3v) is 7.81. The molecule has 0 spiro atoms. The molecule has 4 aromatic rings. The molecule has 0 amide bonds. The number of aliphatic hydroxyl groups excluding tert-OH is 1. The Morgan fingerprint density at radius 2 is 1.82 bits per heavy atom. The fourth-order valence-electron chi connectivity index (χ4n) is 5.96. The zero-order valence-electron chi connectivity index (χ0n) is 20.6. The van der Waals surface area contributed by atoms with Crippen LogP contribution in [0.5, 0.6) is 17.5 Å². The van der Waals surface area contributed by atoms with E-state index >= 15 is 0 Å². The molecule has 2 aliphatic rings. The van der Waals surface area contributed by atoms with Gasteiger partial charge in [0.2, 0.25) is 17.6 Å². The number of nitriles is 1. The average Bonchev–Trinajstić information content (AvgIpc) is 3.47. The van der Waals surface area contributed by atoms with E-state index in [0.29, 0.717) is 22.1 Å². The van der Waals surface area contributed by atoms with E-state index in [0.717, 1.165) is 12.1 Å². The summed E-state index contributed by atoms with van der Waals surface area (Å²) < 4.78 is 41.4. The molecule has 1 fully saturated rings. The summed E-state index contributed by atoms with van der Waals surface area (Å²) in [6.07, 6.45) is -0.933. The number of benzene rings is 3. The molecule has 0 saturated carbocycles. The smallest absolute Gasteiger partial charge is 0.205 e. The summed E-state index contributed by atoms with van der Waals surface area (Å²) in [5, 5.41) is 44.0. The van der Waals surface area contributed by atoms with Crippen LogP contribution in [0, 0.1) is 29.5 Å². The molecule has 2 unspecified atom stereocenters. The summed E-state index contributed by atoms with van der Waals surface area (Å²) in [5.41, 5.74) is -1.73. The maximum Gasteiger partial charge on any atom is 0.205 e. The van der Waals surface area contributed by atoms with Crippen LogP contribution in [0.3, 0.4) is 0 Å². The van der Waals surface area contributed by atoms with Crippen LogP contribution in [0.1, 0.15) is 36.5 Å². The van der Waals surface area contributed by atoms with Gasteiger partial charge in [0.05, 0.1) is 41.7 Å². The summed E-state index contributed by atoms with van der Waals surface area (Å²) in [6.45, 7) is 8.91. The minimum absolute atomic E-state index is 0.0299. The van der Waals surface area contributed by atoms with Gasteiger partial charge in [-0.2, -0.15) is 9.65 Å². The summed E-state index contributed by atoms with van der Waals surface area (Å²) in [5.74, 6) is -3.61. The highest BCUT2D eigenvalue weighted by Gasteiger charge is 2.66. The Labute approximate surface area is 221 Å². The van der Waals surface area contributed by atoms with Crippen molar-refractivity contribution in [1.82, 2.24) is 4.57 Å². The molecule has 8 nitrogen and oxygen atoms in total. The zero-order valence-corrected chi connectivity index (χ0v) is 20.6. The van der Waals surface area contributed by atoms with Crippen LogP contribution in [0.4, 0.5) is 14.5 Å². The quantitative estimate of drug-likeness (QED) is 0.298. The normalized spacial score (nSPS) is 23.0. The highest BCUT2D eigenvalue weighted by Crippen LogP contribution is 2.65. The first-order valence-electron chi connectivity index (χ1n) is 12.1. The van der Waals surface area contributed by atoms with Gasteiger partial charge in [0, 0.05) is 12.8 Å². The molecule has 196 valence electrons. The lowest BCUT2D eigenvalue weighted by atomic mass is 9.76. The predicted molar refractivity (Wildman–Crippen MR) is 135 cm³/mol. The number of ether oxygens (including phenoxy) is 2. The van der Waals surface area contributed by atoms with Crippen molar-refractivity contribution in [2.45, 2.75) is 37.1 Å². The molecule has 3 N–H and O–H groups in total. The topological polar surface area (TPSA) is 112 Å². The van der Waals surface area contributed by atoms with Gasteiger partial charge in [0.1, 0.15) is 17.3 Å². The first kappa shape index (κ1) is 24.7. The summed E-state index contributed by atoms with van der Waals surface area (Å²) in [4.78, 5) is 3.56. The number of aliphatic hydroxyl groups is 1. The number of aromatic hydroxyl groups is 2. The SMILES string of the molecule is [C-]#[N+]c1ccc(-n2c(O)c3c(c2O)C2(C)OC3(CCOc3ccc(C#N)c(F)c3F)C[C@H]2O)c2ccccc12. The number of rotatable bonds is 5. The van der Waals surface area contributed by atoms with E-state index < -0.39 is 40.3 Å². The van der Waals surface area contributed by atoms with Gasteiger partial charge in [-0.15, -0.1) is 0 Å². The Morgan fingerprint density at radius 1 is 1.10 bits per heavy atom. The molecule has 10 heteroatoms. The van der Waals surface area contributed by atoms with E-state index in [4.69, 9.17) is 21.3 Å². The van der Waals surface area contributed by atoms with Crippen molar-refractivity contribution in [2.75, 3.05) is 6.61 Å². The fraction of sp³-hybridized carbons (Fsp3) is 0.241. The molecular weight excluding hydrogens is 508 g/mol. The van der Waals surface area contributed by atoms with Gasteiger partial charge in [-0.3, -0.25) is 4.57 Å². The highest BCUT2D eigenvalue weighted by molar-refractivity contribution is 6.00. The number of aromatic nitrogens is 1. The van der Waals surface area contributed by atoms with Crippen molar-refractivity contribution in [1.29, 1.82) is 5.26 Å². The predicted octanol–water partition coefficient (Wildman–Crippen LogP) is 5.42. The van der Waals surface area contributed by atoms with Gasteiger partial charge in [-0.05, 0) is 35.9 Å². The Balaban J connectivity index is 1.42. The van der Waals surface area contributed by atoms with Crippen LogP contribution in [-0.4, -0.2) is 32.6 Å². The Bertz CT molecular complexity index is 1770. The van der Waals surface area contributed by atoms with E-state index in [1.807, 2.05) is 0 Å². The van der Waals surface area contributed by atoms with Crippen LogP contribution in [0.15, 0.2) is 48.5 Å². The summed E-state index contributed by atoms with van der Waals surface area (Å²) in [7, 11) is 0. The van der Waals surface area contributed by atoms with Gasteiger partial charge in [0.15, 0.2) is 17.3 Å². The van der Waals surface area contributed by atoms with Gasteiger partial charge in [-0.1, -0.05) is 30.3 Å². The van der Waals surface area contributed by atoms with E-state index in [-0.39, 0.29) is 42.3 Å². The van der Waals surface area contributed by atoms with Gasteiger partial charge >= 0.3 is 0 Å². The van der Waals surface area contributed by atoms with Crippen LogP contribution in [0.2, 0.25) is 0 Å². The third kappa shape index (κ3) is 3.26. The van der Waals surface area contributed by atoms with Crippen molar-refractivity contribution in [2.24, 2.45) is 0 Å². The molecule has 2 aliphatic heterocycles. The molecule has 6 rings (SSSR count). The van der Waals surface area contributed by atoms with E-state index in [1.54, 1.807) is 49.4 Å². The lowest BCUT2D eigenvalue weighted by Gasteiger charge is -2.26. The highest BCUT2D eigenvalue weighted by atomic mass is 19.2. The maximum absolute atomic E-state index is 14.4. The van der Waals surface area contributed by atoms with Gasteiger partial charge in [0.25, 0.3) is 0 Å². The van der Waals surface area contributed by atoms with Crippen molar-refractivity contribution >= 4 is 16.5 Å². The zero-order chi connectivity index (χ0) is 27.7. The van der Waals surface area contributed by atoms with Crippen LogP contribution in [-0.2, 0) is 15.9 Å². The summed E-state index contributed by atoms with van der Waals surface area (Å²) >= 11 is 0. The third-order valence-electron chi connectivity index (χ3n) is 7.81. The van der Waals surface area contributed by atoms with E-state index in [1.165, 1.54) is 4.57 Å². The Kier molecular flexibility index (Phi) is 5.34. The summed E-state index contributed by atoms with van der Waals surface area (Å²) in [6, 6.07) is 14.2. The molecule has 3 aromatic carbocycles. The number of hydrogen-bond donors (Lipinski definition) is 3. The second-order valence-electron chi connectivity index (χ2n) is 9.87. The van der Waals surface area contributed by atoms with Crippen molar-refractivity contribution < 1.29 is 33.6 Å². The number of fused-ring (bicyclic) bond motifs is 6. The Hall–Kier alpha value is -4.64. The number of halogens is 2. The van der Waals surface area contributed by atoms with Gasteiger partial charge < -0.3 is 24.8 Å².